The molecule has 6 heteroatoms. The first-order valence-corrected chi connectivity index (χ1v) is 11.2. The quantitative estimate of drug-likeness (QED) is 0.540. The maximum absolute atomic E-state index is 6.54. The van der Waals surface area contributed by atoms with Gasteiger partial charge in [0.15, 0.2) is 5.17 Å². The Morgan fingerprint density at radius 2 is 1.90 bits per heavy atom. The summed E-state index contributed by atoms with van der Waals surface area (Å²) in [6, 6.07) is 16.6. The molecule has 3 atom stereocenters. The van der Waals surface area contributed by atoms with Crippen molar-refractivity contribution in [3.05, 3.63) is 82.4 Å². The highest BCUT2D eigenvalue weighted by atomic mass is 35.5. The number of hydrogen-bond donors (Lipinski definition) is 0. The molecular formula is C23H23ClN4S. The number of halogens is 1. The number of amidine groups is 1. The molecule has 5 rings (SSSR count). The van der Waals surface area contributed by atoms with Gasteiger partial charge in [-0.05, 0) is 49.7 Å². The van der Waals surface area contributed by atoms with Gasteiger partial charge in [-0.3, -0.25) is 9.98 Å². The van der Waals surface area contributed by atoms with E-state index in [9.17, 15) is 0 Å². The largest absolute Gasteiger partial charge is 0.341 e. The Hall–Kier alpha value is -2.24. The highest BCUT2D eigenvalue weighted by Gasteiger charge is 2.44. The number of hydrogen-bond acceptors (Lipinski definition) is 4. The van der Waals surface area contributed by atoms with Crippen LogP contribution in [0.3, 0.4) is 0 Å². The molecule has 0 amide bonds. The van der Waals surface area contributed by atoms with Crippen molar-refractivity contribution in [3.8, 4) is 5.69 Å². The average molecular weight is 423 g/mol. The van der Waals surface area contributed by atoms with Gasteiger partial charge in [-0.2, -0.15) is 0 Å². The molecule has 29 heavy (non-hydrogen) atoms. The minimum atomic E-state index is 0.00592. The Morgan fingerprint density at radius 3 is 2.66 bits per heavy atom. The molecule has 0 N–H and O–H groups in total. The molecule has 0 unspecified atom stereocenters. The fourth-order valence-corrected chi connectivity index (χ4v) is 5.86. The van der Waals surface area contributed by atoms with Crippen molar-refractivity contribution in [1.29, 1.82) is 0 Å². The van der Waals surface area contributed by atoms with Crippen molar-refractivity contribution in [2.45, 2.75) is 38.1 Å². The standard InChI is InChI=1S/C23H23ClN4S/c1-14-12-17(16(3)28(14)20-10-5-4-8-18(20)24)22-21(19-9-6-7-11-25-19)26-23-27(22)13-15(2)29-23/h4-12,15,21-22H,13H2,1-3H3/t15-,21+,22-/m1/s1. The van der Waals surface area contributed by atoms with Gasteiger partial charge < -0.3 is 9.47 Å². The molecule has 1 fully saturated rings. The van der Waals surface area contributed by atoms with E-state index in [0.717, 1.165) is 28.1 Å². The molecule has 0 bridgehead atoms. The predicted molar refractivity (Wildman–Crippen MR) is 121 cm³/mol. The van der Waals surface area contributed by atoms with Gasteiger partial charge in [0, 0.05) is 29.4 Å². The zero-order valence-corrected chi connectivity index (χ0v) is 18.3. The first kappa shape index (κ1) is 18.8. The minimum Gasteiger partial charge on any atom is -0.341 e. The number of para-hydroxylation sites is 1. The van der Waals surface area contributed by atoms with Crippen LogP contribution in [0, 0.1) is 13.8 Å². The van der Waals surface area contributed by atoms with Crippen LogP contribution >= 0.6 is 23.4 Å². The second-order valence-corrected chi connectivity index (χ2v) is 9.56. The normalized spacial score (nSPS) is 23.4. The van der Waals surface area contributed by atoms with Crippen molar-refractivity contribution < 1.29 is 0 Å². The molecule has 1 aromatic carbocycles. The maximum atomic E-state index is 6.54. The summed E-state index contributed by atoms with van der Waals surface area (Å²) in [7, 11) is 0. The molecule has 0 spiro atoms. The van der Waals surface area contributed by atoms with Crippen LogP contribution in [0.25, 0.3) is 5.69 Å². The van der Waals surface area contributed by atoms with Crippen LogP contribution in [0.2, 0.25) is 5.02 Å². The monoisotopic (exact) mass is 422 g/mol. The summed E-state index contributed by atoms with van der Waals surface area (Å²) in [4.78, 5) is 12.2. The predicted octanol–water partition coefficient (Wildman–Crippen LogP) is 5.73. The van der Waals surface area contributed by atoms with Gasteiger partial charge >= 0.3 is 0 Å². The number of aliphatic imine (C=N–C) groups is 1. The van der Waals surface area contributed by atoms with Crippen LogP contribution in [-0.4, -0.2) is 31.4 Å². The van der Waals surface area contributed by atoms with Crippen molar-refractivity contribution >= 4 is 28.5 Å². The van der Waals surface area contributed by atoms with Crippen LogP contribution in [-0.2, 0) is 0 Å². The van der Waals surface area contributed by atoms with E-state index in [2.05, 4.69) is 53.4 Å². The number of pyridine rings is 1. The summed E-state index contributed by atoms with van der Waals surface area (Å²) < 4.78 is 2.26. The highest BCUT2D eigenvalue weighted by Crippen LogP contribution is 2.49. The van der Waals surface area contributed by atoms with Crippen molar-refractivity contribution in [2.75, 3.05) is 6.54 Å². The third kappa shape index (κ3) is 3.08. The molecule has 2 aliphatic heterocycles. The van der Waals surface area contributed by atoms with Gasteiger partial charge in [0.05, 0.1) is 22.4 Å². The molecule has 4 heterocycles. The summed E-state index contributed by atoms with van der Waals surface area (Å²) in [5, 5.41) is 2.45. The summed E-state index contributed by atoms with van der Waals surface area (Å²) >= 11 is 8.41. The van der Waals surface area contributed by atoms with E-state index in [-0.39, 0.29) is 12.1 Å². The summed E-state index contributed by atoms with van der Waals surface area (Å²) in [5.41, 5.74) is 5.73. The topological polar surface area (TPSA) is 33.4 Å². The molecule has 3 aromatic rings. The zero-order chi connectivity index (χ0) is 20.1. The van der Waals surface area contributed by atoms with E-state index in [0.29, 0.717) is 5.25 Å². The van der Waals surface area contributed by atoms with E-state index in [1.54, 1.807) is 0 Å². The number of benzene rings is 1. The van der Waals surface area contributed by atoms with Crippen LogP contribution in [0.5, 0.6) is 0 Å². The molecule has 0 saturated carbocycles. The van der Waals surface area contributed by atoms with Crippen LogP contribution in [0.1, 0.15) is 41.7 Å². The maximum Gasteiger partial charge on any atom is 0.160 e. The number of thioether (sulfide) groups is 1. The molecule has 2 aliphatic rings. The van der Waals surface area contributed by atoms with Gasteiger partial charge in [0.1, 0.15) is 6.04 Å². The number of fused-ring (bicyclic) bond motifs is 1. The Kier molecular flexibility index (Phi) is 4.67. The van der Waals surface area contributed by atoms with Crippen molar-refractivity contribution in [2.24, 2.45) is 4.99 Å². The molecule has 1 saturated heterocycles. The van der Waals surface area contributed by atoms with E-state index in [4.69, 9.17) is 16.6 Å². The number of nitrogens with zero attached hydrogens (tertiary/aromatic N) is 4. The van der Waals surface area contributed by atoms with Crippen molar-refractivity contribution in [1.82, 2.24) is 14.5 Å². The molecule has 148 valence electrons. The Bertz CT molecular complexity index is 1090. The lowest BCUT2D eigenvalue weighted by molar-refractivity contribution is 0.320. The molecule has 0 radical (unpaired) electrons. The molecule has 2 aromatic heterocycles. The minimum absolute atomic E-state index is 0.00592. The SMILES string of the molecule is Cc1cc([C@@H]2[C@H](c3ccccn3)N=C3S[C@H](C)CN32)c(C)n1-c1ccccc1Cl. The van der Waals surface area contributed by atoms with E-state index < -0.39 is 0 Å². The second-order valence-electron chi connectivity index (χ2n) is 7.75. The van der Waals surface area contributed by atoms with E-state index >= 15 is 0 Å². The highest BCUT2D eigenvalue weighted by molar-refractivity contribution is 8.14. The van der Waals surface area contributed by atoms with Crippen molar-refractivity contribution in [3.63, 3.8) is 0 Å². The summed E-state index contributed by atoms with van der Waals surface area (Å²) in [6.45, 7) is 7.61. The zero-order valence-electron chi connectivity index (χ0n) is 16.7. The molecular weight excluding hydrogens is 400 g/mol. The first-order chi connectivity index (χ1) is 14.0. The van der Waals surface area contributed by atoms with Gasteiger partial charge in [0.2, 0.25) is 0 Å². The summed E-state index contributed by atoms with van der Waals surface area (Å²) in [6.07, 6.45) is 1.86. The number of aryl methyl sites for hydroxylation is 1. The van der Waals surface area contributed by atoms with Crippen LogP contribution in [0.4, 0.5) is 0 Å². The lowest BCUT2D eigenvalue weighted by Crippen LogP contribution is -2.28. The first-order valence-electron chi connectivity index (χ1n) is 9.90. The molecule has 0 aliphatic carbocycles. The number of rotatable bonds is 3. The Morgan fingerprint density at radius 1 is 1.10 bits per heavy atom. The smallest absolute Gasteiger partial charge is 0.160 e. The third-order valence-electron chi connectivity index (χ3n) is 5.76. The average Bonchev–Trinajstić information content (AvgIpc) is 3.33. The lowest BCUT2D eigenvalue weighted by atomic mass is 9.96. The fourth-order valence-electron chi connectivity index (χ4n) is 4.54. The lowest BCUT2D eigenvalue weighted by Gasteiger charge is -2.27. The van der Waals surface area contributed by atoms with Gasteiger partial charge in [-0.15, -0.1) is 0 Å². The Labute approximate surface area is 180 Å². The second kappa shape index (κ2) is 7.22. The van der Waals surface area contributed by atoms with E-state index in [1.165, 1.54) is 17.0 Å². The Balaban J connectivity index is 1.64. The summed E-state index contributed by atoms with van der Waals surface area (Å²) in [5.74, 6) is 0. The molecule has 4 nitrogen and oxygen atoms in total. The fraction of sp³-hybridized carbons (Fsp3) is 0.304. The van der Waals surface area contributed by atoms with Crippen LogP contribution in [0.15, 0.2) is 59.7 Å². The van der Waals surface area contributed by atoms with Gasteiger partial charge in [-0.25, -0.2) is 0 Å². The van der Waals surface area contributed by atoms with E-state index in [1.807, 2.05) is 48.3 Å². The van der Waals surface area contributed by atoms with Gasteiger partial charge in [0.25, 0.3) is 0 Å². The van der Waals surface area contributed by atoms with Crippen LogP contribution < -0.4 is 0 Å². The van der Waals surface area contributed by atoms with Gasteiger partial charge in [-0.1, -0.05) is 48.5 Å². The number of aromatic nitrogens is 2. The third-order valence-corrected chi connectivity index (χ3v) is 7.19.